The van der Waals surface area contributed by atoms with Crippen LogP contribution in [0.3, 0.4) is 0 Å². The van der Waals surface area contributed by atoms with Crippen LogP contribution in [0.4, 0.5) is 0 Å². The van der Waals surface area contributed by atoms with E-state index in [2.05, 4.69) is 29.4 Å². The summed E-state index contributed by atoms with van der Waals surface area (Å²) in [4.78, 5) is 0. The smallest absolute Gasteiger partial charge is 0.134 e. The second kappa shape index (κ2) is 5.86. The van der Waals surface area contributed by atoms with Crippen LogP contribution >= 0.6 is 15.9 Å². The molecule has 0 aromatic heterocycles. The molecule has 2 heteroatoms. The molecule has 0 aliphatic rings. The molecule has 0 aliphatic carbocycles. The van der Waals surface area contributed by atoms with E-state index in [0.717, 1.165) is 23.1 Å². The van der Waals surface area contributed by atoms with Crippen molar-refractivity contribution in [1.29, 1.82) is 0 Å². The highest BCUT2D eigenvalue weighted by atomic mass is 79.9. The van der Waals surface area contributed by atoms with Crippen molar-refractivity contribution in [3.8, 4) is 5.75 Å². The van der Waals surface area contributed by atoms with Gasteiger partial charge in [0.2, 0.25) is 0 Å². The van der Waals surface area contributed by atoms with Gasteiger partial charge in [0.1, 0.15) is 11.9 Å². The van der Waals surface area contributed by atoms with Crippen molar-refractivity contribution in [2.45, 2.75) is 25.9 Å². The Bertz CT molecular complexity index is 296. The molecule has 0 aliphatic heterocycles. The van der Waals surface area contributed by atoms with Gasteiger partial charge in [0, 0.05) is 0 Å². The average molecular weight is 255 g/mol. The van der Waals surface area contributed by atoms with E-state index in [9.17, 15) is 0 Å². The molecule has 1 aromatic rings. The number of halogens is 1. The lowest BCUT2D eigenvalue weighted by Gasteiger charge is -2.15. The van der Waals surface area contributed by atoms with Crippen molar-refractivity contribution in [2.24, 2.45) is 0 Å². The van der Waals surface area contributed by atoms with Crippen LogP contribution in [0.2, 0.25) is 0 Å². The number of hydrogen-bond donors (Lipinski definition) is 0. The van der Waals surface area contributed by atoms with Gasteiger partial charge in [-0.1, -0.05) is 38.1 Å². The lowest BCUT2D eigenvalue weighted by atomic mass is 10.2. The normalized spacial score (nSPS) is 12.1. The Hall–Kier alpha value is -0.760. The van der Waals surface area contributed by atoms with Gasteiger partial charge in [-0.05, 0) is 34.5 Å². The van der Waals surface area contributed by atoms with Gasteiger partial charge in [-0.2, -0.15) is 0 Å². The highest BCUT2D eigenvalue weighted by Gasteiger charge is 2.06. The van der Waals surface area contributed by atoms with Crippen LogP contribution in [0.5, 0.6) is 5.75 Å². The van der Waals surface area contributed by atoms with E-state index in [1.54, 1.807) is 0 Å². The molecule has 1 nitrogen and oxygen atoms in total. The van der Waals surface area contributed by atoms with E-state index in [-0.39, 0.29) is 6.10 Å². The van der Waals surface area contributed by atoms with Crippen molar-refractivity contribution >= 4 is 15.9 Å². The molecule has 0 amide bonds. The molecule has 1 aromatic carbocycles. The van der Waals surface area contributed by atoms with E-state index in [4.69, 9.17) is 4.74 Å². The molecule has 0 saturated carbocycles. The van der Waals surface area contributed by atoms with Gasteiger partial charge < -0.3 is 4.74 Å². The minimum absolute atomic E-state index is 0.110. The zero-order chi connectivity index (χ0) is 10.4. The van der Waals surface area contributed by atoms with Crippen molar-refractivity contribution in [3.05, 3.63) is 41.4 Å². The highest BCUT2D eigenvalue weighted by molar-refractivity contribution is 9.10. The molecule has 14 heavy (non-hydrogen) atoms. The lowest BCUT2D eigenvalue weighted by molar-refractivity contribution is 0.236. The first kappa shape index (κ1) is 11.3. The SMILES string of the molecule is C=CC(CCC)Oc1ccccc1Br. The molecule has 1 atom stereocenters. The summed E-state index contributed by atoms with van der Waals surface area (Å²) in [6.45, 7) is 5.90. The minimum atomic E-state index is 0.110. The van der Waals surface area contributed by atoms with E-state index in [0.29, 0.717) is 0 Å². The van der Waals surface area contributed by atoms with E-state index in [1.807, 2.05) is 30.3 Å². The standard InChI is InChI=1S/C12H15BrO/c1-3-7-10(4-2)14-12-9-6-5-8-11(12)13/h4-6,8-10H,2-3,7H2,1H3. The predicted molar refractivity (Wildman–Crippen MR) is 63.7 cm³/mol. The first-order valence-corrected chi connectivity index (χ1v) is 5.61. The van der Waals surface area contributed by atoms with Crippen LogP contribution in [0.1, 0.15) is 19.8 Å². The molecule has 0 saturated heterocycles. The number of benzene rings is 1. The van der Waals surface area contributed by atoms with Gasteiger partial charge in [-0.15, -0.1) is 0 Å². The van der Waals surface area contributed by atoms with Crippen LogP contribution in [0.15, 0.2) is 41.4 Å². The highest BCUT2D eigenvalue weighted by Crippen LogP contribution is 2.25. The number of rotatable bonds is 5. The third kappa shape index (κ3) is 3.18. The zero-order valence-corrected chi connectivity index (χ0v) is 9.96. The largest absolute Gasteiger partial charge is 0.485 e. The molecule has 1 unspecified atom stereocenters. The summed E-state index contributed by atoms with van der Waals surface area (Å²) in [6.07, 6.45) is 4.06. The lowest BCUT2D eigenvalue weighted by Crippen LogP contribution is -2.12. The van der Waals surface area contributed by atoms with Gasteiger partial charge in [0.15, 0.2) is 0 Å². The summed E-state index contributed by atoms with van der Waals surface area (Å²) in [6, 6.07) is 7.86. The summed E-state index contributed by atoms with van der Waals surface area (Å²) in [5.41, 5.74) is 0. The van der Waals surface area contributed by atoms with Crippen LogP contribution in [-0.2, 0) is 0 Å². The number of para-hydroxylation sites is 1. The predicted octanol–water partition coefficient (Wildman–Crippen LogP) is 4.18. The average Bonchev–Trinajstić information content (AvgIpc) is 2.20. The molecule has 1 rings (SSSR count). The van der Waals surface area contributed by atoms with Crippen LogP contribution < -0.4 is 4.74 Å². The molecule has 0 radical (unpaired) electrons. The third-order valence-corrected chi connectivity index (χ3v) is 2.61. The monoisotopic (exact) mass is 254 g/mol. The van der Waals surface area contributed by atoms with Gasteiger partial charge >= 0.3 is 0 Å². The first-order valence-electron chi connectivity index (χ1n) is 4.81. The third-order valence-electron chi connectivity index (χ3n) is 1.95. The maximum Gasteiger partial charge on any atom is 0.134 e. The fourth-order valence-corrected chi connectivity index (χ4v) is 1.59. The Kier molecular flexibility index (Phi) is 4.74. The molecular weight excluding hydrogens is 240 g/mol. The molecule has 0 bridgehead atoms. The van der Waals surface area contributed by atoms with Crippen LogP contribution in [0.25, 0.3) is 0 Å². The maximum absolute atomic E-state index is 5.77. The van der Waals surface area contributed by atoms with Crippen LogP contribution in [0, 0.1) is 0 Å². The molecule has 0 spiro atoms. The zero-order valence-electron chi connectivity index (χ0n) is 8.37. The number of hydrogen-bond acceptors (Lipinski definition) is 1. The van der Waals surface area contributed by atoms with Gasteiger partial charge in [-0.25, -0.2) is 0 Å². The van der Waals surface area contributed by atoms with E-state index >= 15 is 0 Å². The van der Waals surface area contributed by atoms with Crippen molar-refractivity contribution in [2.75, 3.05) is 0 Å². The molecule has 76 valence electrons. The summed E-state index contributed by atoms with van der Waals surface area (Å²) in [5, 5.41) is 0. The fourth-order valence-electron chi connectivity index (χ4n) is 1.21. The maximum atomic E-state index is 5.77. The summed E-state index contributed by atoms with van der Waals surface area (Å²) < 4.78 is 6.76. The van der Waals surface area contributed by atoms with Crippen molar-refractivity contribution < 1.29 is 4.74 Å². The quantitative estimate of drug-likeness (QED) is 0.717. The van der Waals surface area contributed by atoms with Gasteiger partial charge in [0.05, 0.1) is 4.47 Å². The van der Waals surface area contributed by atoms with E-state index < -0.39 is 0 Å². The topological polar surface area (TPSA) is 9.23 Å². The summed E-state index contributed by atoms with van der Waals surface area (Å²) in [7, 11) is 0. The Morgan fingerprint density at radius 1 is 1.50 bits per heavy atom. The Morgan fingerprint density at radius 3 is 2.79 bits per heavy atom. The van der Waals surface area contributed by atoms with Gasteiger partial charge in [-0.3, -0.25) is 0 Å². The fraction of sp³-hybridized carbons (Fsp3) is 0.333. The first-order chi connectivity index (χ1) is 6.77. The van der Waals surface area contributed by atoms with Crippen molar-refractivity contribution in [1.82, 2.24) is 0 Å². The minimum Gasteiger partial charge on any atom is -0.485 e. The summed E-state index contributed by atoms with van der Waals surface area (Å²) >= 11 is 3.45. The molecule has 0 fully saturated rings. The van der Waals surface area contributed by atoms with Crippen molar-refractivity contribution in [3.63, 3.8) is 0 Å². The molecule has 0 N–H and O–H groups in total. The van der Waals surface area contributed by atoms with E-state index in [1.165, 1.54) is 0 Å². The molecule has 0 heterocycles. The second-order valence-electron chi connectivity index (χ2n) is 3.11. The molecular formula is C12H15BrO. The Labute approximate surface area is 93.9 Å². The summed E-state index contributed by atoms with van der Waals surface area (Å²) in [5.74, 6) is 0.880. The Morgan fingerprint density at radius 2 is 2.21 bits per heavy atom. The Balaban J connectivity index is 2.66. The number of ether oxygens (including phenoxy) is 1. The second-order valence-corrected chi connectivity index (χ2v) is 3.97. The van der Waals surface area contributed by atoms with Crippen LogP contribution in [-0.4, -0.2) is 6.10 Å². The van der Waals surface area contributed by atoms with Gasteiger partial charge in [0.25, 0.3) is 0 Å².